The largest absolute Gasteiger partial charge is 0.313 e. The molecule has 1 heterocycles. The Hall–Kier alpha value is -0.850. The average molecular weight is 341 g/mol. The number of hydrogen-bond acceptors (Lipinski definition) is 4. The second-order valence-corrected chi connectivity index (χ2v) is 6.12. The molecule has 4 nitrogen and oxygen atoms in total. The van der Waals surface area contributed by atoms with Crippen molar-refractivity contribution in [2.45, 2.75) is 30.4 Å². The van der Waals surface area contributed by atoms with Crippen LogP contribution in [0.5, 0.6) is 0 Å². The summed E-state index contributed by atoms with van der Waals surface area (Å²) >= 11 is 5.24. The minimum absolute atomic E-state index is 0.880. The zero-order chi connectivity index (χ0) is 13.8. The molecule has 19 heavy (non-hydrogen) atoms. The van der Waals surface area contributed by atoms with Gasteiger partial charge in [-0.3, -0.25) is 0 Å². The third-order valence-electron chi connectivity index (χ3n) is 2.85. The smallest absolute Gasteiger partial charge is 0.195 e. The van der Waals surface area contributed by atoms with E-state index in [1.54, 1.807) is 11.8 Å². The molecule has 0 aliphatic rings. The van der Waals surface area contributed by atoms with Gasteiger partial charge in [0.25, 0.3) is 0 Å². The molecule has 0 amide bonds. The number of hydrogen-bond donors (Lipinski definition) is 1. The van der Waals surface area contributed by atoms with Crippen LogP contribution in [0.2, 0.25) is 0 Å². The molecule has 0 spiro atoms. The van der Waals surface area contributed by atoms with Crippen LogP contribution in [0.4, 0.5) is 0 Å². The first-order valence-corrected chi connectivity index (χ1v) is 7.75. The molecule has 0 saturated carbocycles. The van der Waals surface area contributed by atoms with Gasteiger partial charge in [0, 0.05) is 23.0 Å². The fraction of sp³-hybridized carbons (Fsp3) is 0.385. The molecule has 1 aromatic carbocycles. The van der Waals surface area contributed by atoms with E-state index in [1.165, 1.54) is 5.56 Å². The molecule has 0 unspecified atom stereocenters. The number of rotatable bonds is 5. The van der Waals surface area contributed by atoms with Crippen molar-refractivity contribution in [2.75, 3.05) is 6.54 Å². The molecule has 0 saturated heterocycles. The summed E-state index contributed by atoms with van der Waals surface area (Å²) in [4.78, 5) is 1.16. The maximum Gasteiger partial charge on any atom is 0.195 e. The van der Waals surface area contributed by atoms with Crippen molar-refractivity contribution in [3.63, 3.8) is 0 Å². The minimum Gasteiger partial charge on any atom is -0.313 e. The summed E-state index contributed by atoms with van der Waals surface area (Å²) in [7, 11) is 1.98. The highest BCUT2D eigenvalue weighted by Gasteiger charge is 2.08. The highest BCUT2D eigenvalue weighted by Crippen LogP contribution is 2.29. The predicted octanol–water partition coefficient (Wildman–Crippen LogP) is 3.15. The van der Waals surface area contributed by atoms with Crippen molar-refractivity contribution in [1.29, 1.82) is 0 Å². The van der Waals surface area contributed by atoms with Crippen LogP contribution >= 0.6 is 27.7 Å². The van der Waals surface area contributed by atoms with Crippen LogP contribution in [0.3, 0.4) is 0 Å². The Morgan fingerprint density at radius 2 is 2.16 bits per heavy atom. The van der Waals surface area contributed by atoms with E-state index in [4.69, 9.17) is 0 Å². The molecule has 2 rings (SSSR count). The van der Waals surface area contributed by atoms with Crippen molar-refractivity contribution >= 4 is 27.7 Å². The standard InChI is InChI=1S/C13H17BrN4S/c1-4-15-8-10-5-6-11(7-12(10)14)19-13-17-16-9(2)18(13)3/h5-7,15H,4,8H2,1-3H3. The SMILES string of the molecule is CCNCc1ccc(Sc2nnc(C)n2C)cc1Br. The summed E-state index contributed by atoms with van der Waals surface area (Å²) in [6, 6.07) is 6.38. The van der Waals surface area contributed by atoms with Crippen LogP contribution in [0.1, 0.15) is 18.3 Å². The van der Waals surface area contributed by atoms with Crippen molar-refractivity contribution in [1.82, 2.24) is 20.1 Å². The van der Waals surface area contributed by atoms with Gasteiger partial charge in [0.2, 0.25) is 0 Å². The third-order valence-corrected chi connectivity index (χ3v) is 4.62. The minimum atomic E-state index is 0.880. The Bertz CT molecular complexity index is 568. The van der Waals surface area contributed by atoms with Crippen LogP contribution in [0.15, 0.2) is 32.7 Å². The first-order chi connectivity index (χ1) is 9.11. The molecular weight excluding hydrogens is 324 g/mol. The lowest BCUT2D eigenvalue weighted by atomic mass is 10.2. The first-order valence-electron chi connectivity index (χ1n) is 6.14. The van der Waals surface area contributed by atoms with Gasteiger partial charge in [0.05, 0.1) is 0 Å². The summed E-state index contributed by atoms with van der Waals surface area (Å²) in [5.74, 6) is 0.922. The van der Waals surface area contributed by atoms with Gasteiger partial charge in [0.1, 0.15) is 5.82 Å². The maximum absolute atomic E-state index is 4.16. The Morgan fingerprint density at radius 3 is 2.74 bits per heavy atom. The van der Waals surface area contributed by atoms with Gasteiger partial charge >= 0.3 is 0 Å². The van der Waals surface area contributed by atoms with Gasteiger partial charge in [-0.2, -0.15) is 0 Å². The van der Waals surface area contributed by atoms with Crippen LogP contribution in [-0.4, -0.2) is 21.3 Å². The molecular formula is C13H17BrN4S. The summed E-state index contributed by atoms with van der Waals surface area (Å²) in [6.45, 7) is 5.91. The lowest BCUT2D eigenvalue weighted by molar-refractivity contribution is 0.724. The number of aryl methyl sites for hydroxylation is 1. The summed E-state index contributed by atoms with van der Waals surface area (Å²) in [6.07, 6.45) is 0. The van der Waals surface area contributed by atoms with E-state index in [0.29, 0.717) is 0 Å². The Labute approximate surface area is 126 Å². The normalized spacial score (nSPS) is 10.9. The van der Waals surface area contributed by atoms with E-state index in [9.17, 15) is 0 Å². The first kappa shape index (κ1) is 14.6. The van der Waals surface area contributed by atoms with Gasteiger partial charge in [-0.15, -0.1) is 10.2 Å². The Kier molecular flexibility index (Phi) is 5.01. The molecule has 0 atom stereocenters. The number of nitrogens with zero attached hydrogens (tertiary/aromatic N) is 3. The van der Waals surface area contributed by atoms with E-state index in [1.807, 2.05) is 18.5 Å². The molecule has 0 bridgehead atoms. The molecule has 0 aliphatic heterocycles. The van der Waals surface area contributed by atoms with Crippen molar-refractivity contribution < 1.29 is 0 Å². The molecule has 102 valence electrons. The van der Waals surface area contributed by atoms with Gasteiger partial charge in [-0.1, -0.05) is 28.9 Å². The van der Waals surface area contributed by atoms with E-state index in [0.717, 1.165) is 33.4 Å². The van der Waals surface area contributed by atoms with Crippen LogP contribution in [0.25, 0.3) is 0 Å². The lowest BCUT2D eigenvalue weighted by Crippen LogP contribution is -2.11. The lowest BCUT2D eigenvalue weighted by Gasteiger charge is -2.07. The van der Waals surface area contributed by atoms with Gasteiger partial charge in [0.15, 0.2) is 5.16 Å². The van der Waals surface area contributed by atoms with Gasteiger partial charge in [-0.05, 0) is 42.9 Å². The Balaban J connectivity index is 2.14. The molecule has 0 radical (unpaired) electrons. The predicted molar refractivity (Wildman–Crippen MR) is 81.4 cm³/mol. The maximum atomic E-state index is 4.16. The highest BCUT2D eigenvalue weighted by atomic mass is 79.9. The monoisotopic (exact) mass is 340 g/mol. The molecule has 1 aromatic heterocycles. The highest BCUT2D eigenvalue weighted by molar-refractivity contribution is 9.10. The quantitative estimate of drug-likeness (QED) is 0.907. The fourth-order valence-corrected chi connectivity index (χ4v) is 3.12. The van der Waals surface area contributed by atoms with Crippen molar-refractivity contribution in [3.8, 4) is 0 Å². The van der Waals surface area contributed by atoms with E-state index >= 15 is 0 Å². The summed E-state index contributed by atoms with van der Waals surface area (Å²) in [5, 5.41) is 12.5. The van der Waals surface area contributed by atoms with Gasteiger partial charge in [-0.25, -0.2) is 0 Å². The molecule has 1 N–H and O–H groups in total. The number of halogens is 1. The van der Waals surface area contributed by atoms with Gasteiger partial charge < -0.3 is 9.88 Å². The van der Waals surface area contributed by atoms with Crippen LogP contribution < -0.4 is 5.32 Å². The van der Waals surface area contributed by atoms with Crippen molar-refractivity contribution in [3.05, 3.63) is 34.1 Å². The number of nitrogens with one attached hydrogen (secondary N) is 1. The zero-order valence-electron chi connectivity index (χ0n) is 11.3. The molecule has 6 heteroatoms. The van der Waals surface area contributed by atoms with Crippen molar-refractivity contribution in [2.24, 2.45) is 7.05 Å². The van der Waals surface area contributed by atoms with Crippen LogP contribution in [0, 0.1) is 6.92 Å². The van der Waals surface area contributed by atoms with E-state index in [-0.39, 0.29) is 0 Å². The zero-order valence-corrected chi connectivity index (χ0v) is 13.7. The summed E-state index contributed by atoms with van der Waals surface area (Å²) < 4.78 is 3.11. The average Bonchev–Trinajstić information content (AvgIpc) is 2.70. The Morgan fingerprint density at radius 1 is 1.37 bits per heavy atom. The second kappa shape index (κ2) is 6.54. The van der Waals surface area contributed by atoms with E-state index < -0.39 is 0 Å². The van der Waals surface area contributed by atoms with Crippen LogP contribution in [-0.2, 0) is 13.6 Å². The summed E-state index contributed by atoms with van der Waals surface area (Å²) in [5.41, 5.74) is 1.26. The number of aromatic nitrogens is 3. The second-order valence-electron chi connectivity index (χ2n) is 4.22. The number of benzene rings is 1. The topological polar surface area (TPSA) is 42.7 Å². The molecule has 0 fully saturated rings. The fourth-order valence-electron chi connectivity index (χ4n) is 1.58. The molecule has 0 aliphatic carbocycles. The third kappa shape index (κ3) is 3.58. The van der Waals surface area contributed by atoms with E-state index in [2.05, 4.69) is 56.6 Å². The molecule has 2 aromatic rings.